The highest BCUT2D eigenvalue weighted by Crippen LogP contribution is 2.64. The zero-order chi connectivity index (χ0) is 26.5. The second kappa shape index (κ2) is 9.26. The van der Waals surface area contributed by atoms with E-state index in [0.29, 0.717) is 30.6 Å². The molecule has 8 nitrogen and oxygen atoms in total. The van der Waals surface area contributed by atoms with Crippen molar-refractivity contribution in [1.82, 2.24) is 4.90 Å². The number of nitrogens with one attached hydrogen (secondary N) is 2. The third kappa shape index (κ3) is 3.77. The van der Waals surface area contributed by atoms with Crippen molar-refractivity contribution in [3.05, 3.63) is 59.7 Å². The number of carbonyl (C=O) groups excluding carboxylic acids is 3. The molecule has 3 amide bonds. The Kier molecular flexibility index (Phi) is 6.36. The van der Waals surface area contributed by atoms with Crippen molar-refractivity contribution in [3.63, 3.8) is 0 Å². The first-order chi connectivity index (χ1) is 17.7. The molecule has 3 aliphatic rings. The van der Waals surface area contributed by atoms with Crippen molar-refractivity contribution in [3.8, 4) is 0 Å². The molecule has 0 saturated carbocycles. The number of rotatable bonds is 7. The topological polar surface area (TPSA) is 108 Å². The summed E-state index contributed by atoms with van der Waals surface area (Å²) in [5, 5.41) is 16.1. The van der Waals surface area contributed by atoms with Gasteiger partial charge in [-0.15, -0.1) is 0 Å². The van der Waals surface area contributed by atoms with Gasteiger partial charge in [0.25, 0.3) is 0 Å². The van der Waals surface area contributed by atoms with Crippen LogP contribution in [0.25, 0.3) is 0 Å². The van der Waals surface area contributed by atoms with E-state index in [1.807, 2.05) is 57.2 Å². The Morgan fingerprint density at radius 3 is 2.35 bits per heavy atom. The summed E-state index contributed by atoms with van der Waals surface area (Å²) in [6.07, 6.45) is 1.62. The molecule has 3 N–H and O–H groups in total. The van der Waals surface area contributed by atoms with Gasteiger partial charge in [0.05, 0.1) is 30.1 Å². The second-order valence-corrected chi connectivity index (χ2v) is 10.7. The number of carbonyl (C=O) groups is 3. The molecule has 3 fully saturated rings. The van der Waals surface area contributed by atoms with Crippen molar-refractivity contribution in [2.45, 2.75) is 70.2 Å². The van der Waals surface area contributed by atoms with E-state index in [4.69, 9.17) is 4.74 Å². The van der Waals surface area contributed by atoms with Gasteiger partial charge in [0.1, 0.15) is 11.6 Å². The standard InChI is InChI=1S/C29H35N3O5/c1-5-28-14-15-29(37-28)22(21(28)25(34)30-20-12-7-6-8-13-20)27(36)32(19(4)16-33)24(29)26(35)31-23-17(2)10-9-11-18(23)3/h6-13,19,21-22,24,33H,5,14-16H2,1-4H3,(H,30,34)(H,31,35)/t19-,21+,22+,24?,28-,29?/m1/s1. The molecule has 0 aromatic heterocycles. The first-order valence-corrected chi connectivity index (χ1v) is 13.1. The Hall–Kier alpha value is -3.23. The van der Waals surface area contributed by atoms with Gasteiger partial charge >= 0.3 is 0 Å². The number of anilines is 2. The van der Waals surface area contributed by atoms with E-state index in [2.05, 4.69) is 10.6 Å². The molecular weight excluding hydrogens is 470 g/mol. The summed E-state index contributed by atoms with van der Waals surface area (Å²) >= 11 is 0. The molecule has 0 aliphatic carbocycles. The number of likely N-dealkylation sites (tertiary alicyclic amines) is 1. The molecule has 6 atom stereocenters. The molecule has 1 spiro atoms. The minimum Gasteiger partial charge on any atom is -0.394 e. The molecule has 3 saturated heterocycles. The molecule has 5 rings (SSSR count). The van der Waals surface area contributed by atoms with Crippen LogP contribution in [0.5, 0.6) is 0 Å². The van der Waals surface area contributed by atoms with Crippen molar-refractivity contribution >= 4 is 29.1 Å². The maximum absolute atomic E-state index is 14.1. The van der Waals surface area contributed by atoms with Crippen LogP contribution in [0.4, 0.5) is 11.4 Å². The van der Waals surface area contributed by atoms with Gasteiger partial charge in [-0.25, -0.2) is 0 Å². The Labute approximate surface area is 217 Å². The predicted molar refractivity (Wildman–Crippen MR) is 140 cm³/mol. The number of ether oxygens (including phenoxy) is 1. The number of benzene rings is 2. The Balaban J connectivity index is 1.56. The van der Waals surface area contributed by atoms with E-state index in [1.165, 1.54) is 4.90 Å². The van der Waals surface area contributed by atoms with Crippen LogP contribution in [-0.2, 0) is 19.1 Å². The molecular formula is C29H35N3O5. The number of aliphatic hydroxyl groups excluding tert-OH is 1. The molecule has 0 radical (unpaired) electrons. The van der Waals surface area contributed by atoms with Crippen LogP contribution in [-0.4, -0.2) is 57.6 Å². The van der Waals surface area contributed by atoms with E-state index in [9.17, 15) is 19.5 Å². The predicted octanol–water partition coefficient (Wildman–Crippen LogP) is 3.42. The molecule has 3 heterocycles. The number of nitrogens with zero attached hydrogens (tertiary/aromatic N) is 1. The van der Waals surface area contributed by atoms with Gasteiger partial charge in [0, 0.05) is 11.4 Å². The Morgan fingerprint density at radius 2 is 1.73 bits per heavy atom. The summed E-state index contributed by atoms with van der Waals surface area (Å²) in [4.78, 5) is 43.3. The quantitative estimate of drug-likeness (QED) is 0.535. The van der Waals surface area contributed by atoms with Gasteiger partial charge in [-0.05, 0) is 63.3 Å². The number of amides is 3. The molecule has 2 bridgehead atoms. The van der Waals surface area contributed by atoms with Crippen LogP contribution in [0.15, 0.2) is 48.5 Å². The Bertz CT molecular complexity index is 1210. The molecule has 8 heteroatoms. The first kappa shape index (κ1) is 25.4. The highest BCUT2D eigenvalue weighted by molar-refractivity contribution is 6.05. The SMILES string of the molecule is CC[C@]12CCC3(O1)C(C(=O)Nc1c(C)cccc1C)N([C@H](C)CO)C(=O)[C@@H]3[C@H]2C(=O)Nc1ccccc1. The largest absolute Gasteiger partial charge is 0.394 e. The van der Waals surface area contributed by atoms with Gasteiger partial charge in [-0.1, -0.05) is 43.3 Å². The highest BCUT2D eigenvalue weighted by atomic mass is 16.5. The van der Waals surface area contributed by atoms with Gasteiger partial charge in [-0.3, -0.25) is 14.4 Å². The van der Waals surface area contributed by atoms with E-state index in [0.717, 1.165) is 11.1 Å². The van der Waals surface area contributed by atoms with Crippen molar-refractivity contribution in [1.29, 1.82) is 0 Å². The summed E-state index contributed by atoms with van der Waals surface area (Å²) < 4.78 is 6.75. The first-order valence-electron chi connectivity index (χ1n) is 13.1. The molecule has 196 valence electrons. The minimum absolute atomic E-state index is 0.277. The van der Waals surface area contributed by atoms with E-state index in [-0.39, 0.29) is 24.3 Å². The van der Waals surface area contributed by atoms with Crippen LogP contribution in [0, 0.1) is 25.7 Å². The summed E-state index contributed by atoms with van der Waals surface area (Å²) in [5.74, 6) is -2.51. The number of fused-ring (bicyclic) bond motifs is 1. The zero-order valence-corrected chi connectivity index (χ0v) is 21.8. The van der Waals surface area contributed by atoms with Crippen molar-refractivity contribution < 1.29 is 24.2 Å². The van der Waals surface area contributed by atoms with Crippen molar-refractivity contribution in [2.24, 2.45) is 11.8 Å². The fourth-order valence-electron chi connectivity index (χ4n) is 6.86. The van der Waals surface area contributed by atoms with Crippen LogP contribution >= 0.6 is 0 Å². The molecule has 2 aromatic rings. The summed E-state index contributed by atoms with van der Waals surface area (Å²) in [6.45, 7) is 7.22. The lowest BCUT2D eigenvalue weighted by Crippen LogP contribution is -2.56. The zero-order valence-electron chi connectivity index (χ0n) is 21.8. The number of hydrogen-bond acceptors (Lipinski definition) is 5. The molecule has 2 unspecified atom stereocenters. The second-order valence-electron chi connectivity index (χ2n) is 10.7. The average molecular weight is 506 g/mol. The van der Waals surface area contributed by atoms with E-state index in [1.54, 1.807) is 19.1 Å². The van der Waals surface area contributed by atoms with Crippen molar-refractivity contribution in [2.75, 3.05) is 17.2 Å². The van der Waals surface area contributed by atoms with E-state index >= 15 is 0 Å². The van der Waals surface area contributed by atoms with Gasteiger partial charge in [0.15, 0.2) is 0 Å². The number of hydrogen-bond donors (Lipinski definition) is 3. The van der Waals surface area contributed by atoms with E-state index < -0.39 is 35.1 Å². The van der Waals surface area contributed by atoms with Crippen LogP contribution < -0.4 is 10.6 Å². The minimum atomic E-state index is -1.14. The lowest BCUT2D eigenvalue weighted by molar-refractivity contribution is -0.147. The third-order valence-corrected chi connectivity index (χ3v) is 8.66. The third-order valence-electron chi connectivity index (χ3n) is 8.66. The summed E-state index contributed by atoms with van der Waals surface area (Å²) in [5.41, 5.74) is 1.20. The Morgan fingerprint density at radius 1 is 1.05 bits per heavy atom. The van der Waals surface area contributed by atoms with Crippen LogP contribution in [0.2, 0.25) is 0 Å². The van der Waals surface area contributed by atoms with Gasteiger partial charge in [-0.2, -0.15) is 0 Å². The number of aryl methyl sites for hydroxylation is 2. The lowest BCUT2D eigenvalue weighted by atomic mass is 9.65. The summed E-state index contributed by atoms with van der Waals surface area (Å²) in [6, 6.07) is 13.3. The van der Waals surface area contributed by atoms with Gasteiger partial charge < -0.3 is 25.4 Å². The normalized spacial score (nSPS) is 30.8. The molecule has 3 aliphatic heterocycles. The fraction of sp³-hybridized carbons (Fsp3) is 0.483. The molecule has 2 aromatic carbocycles. The molecule has 37 heavy (non-hydrogen) atoms. The number of para-hydroxylation sites is 2. The number of aliphatic hydroxyl groups is 1. The lowest BCUT2D eigenvalue weighted by Gasteiger charge is -2.36. The van der Waals surface area contributed by atoms with Crippen LogP contribution in [0.1, 0.15) is 44.2 Å². The van der Waals surface area contributed by atoms with Gasteiger partial charge in [0.2, 0.25) is 17.7 Å². The maximum atomic E-state index is 14.1. The fourth-order valence-corrected chi connectivity index (χ4v) is 6.86. The highest BCUT2D eigenvalue weighted by Gasteiger charge is 2.79. The average Bonchev–Trinajstić information content (AvgIpc) is 3.50. The van der Waals surface area contributed by atoms with Crippen LogP contribution in [0.3, 0.4) is 0 Å². The smallest absolute Gasteiger partial charge is 0.250 e. The maximum Gasteiger partial charge on any atom is 0.250 e. The summed E-state index contributed by atoms with van der Waals surface area (Å²) in [7, 11) is 0. The monoisotopic (exact) mass is 505 g/mol.